The van der Waals surface area contributed by atoms with E-state index in [0.717, 1.165) is 21.3 Å². The molecule has 0 radical (unpaired) electrons. The summed E-state index contributed by atoms with van der Waals surface area (Å²) in [7, 11) is 0. The standard InChI is InChI=1S/C33H29BrN4O7/c1-16(2)24-29-37-26(30(40)41)27(45-29)33-19-9-6-10-21(34)25(19)38-31(33)44-23-12-11-18(13-20(23)33)14-22(28(39)36-24)35-32(42)43-15-17-7-4-3-5-8-17/h3-13,16,22,24,31,38H,14-15H2,1-2H3,(H,35,42)(H,36,39)(H,40,41)/t22?,24-,31-,33?/m0/s1. The van der Waals surface area contributed by atoms with Gasteiger partial charge >= 0.3 is 12.1 Å². The third kappa shape index (κ3) is 4.71. The minimum Gasteiger partial charge on any atom is -0.476 e. The third-order valence-corrected chi connectivity index (χ3v) is 9.18. The van der Waals surface area contributed by atoms with Crippen LogP contribution < -0.4 is 20.7 Å². The zero-order chi connectivity index (χ0) is 31.5. The number of nitrogens with one attached hydrogen (secondary N) is 3. The molecule has 0 saturated heterocycles. The molecule has 45 heavy (non-hydrogen) atoms. The van der Waals surface area contributed by atoms with Gasteiger partial charge in [-0.25, -0.2) is 14.6 Å². The van der Waals surface area contributed by atoms with Crippen molar-refractivity contribution in [1.82, 2.24) is 15.6 Å². The molecule has 12 heteroatoms. The summed E-state index contributed by atoms with van der Waals surface area (Å²) in [5, 5.41) is 19.5. The lowest BCUT2D eigenvalue weighted by Crippen LogP contribution is -2.49. The lowest BCUT2D eigenvalue weighted by molar-refractivity contribution is -0.124. The van der Waals surface area contributed by atoms with Crippen molar-refractivity contribution in [3.63, 3.8) is 0 Å². The van der Waals surface area contributed by atoms with Crippen molar-refractivity contribution in [3.05, 3.63) is 111 Å². The molecule has 0 saturated carbocycles. The number of hydrogen-bond acceptors (Lipinski definition) is 8. The largest absolute Gasteiger partial charge is 0.476 e. The molecule has 4 heterocycles. The van der Waals surface area contributed by atoms with Gasteiger partial charge in [0.15, 0.2) is 17.7 Å². The van der Waals surface area contributed by atoms with Crippen LogP contribution in [0.15, 0.2) is 75.6 Å². The van der Waals surface area contributed by atoms with Crippen molar-refractivity contribution in [1.29, 1.82) is 0 Å². The Labute approximate surface area is 266 Å². The predicted octanol–water partition coefficient (Wildman–Crippen LogP) is 5.28. The molecule has 4 aromatic rings. The topological polar surface area (TPSA) is 152 Å². The number of anilines is 1. The number of carbonyl (C=O) groups excluding carboxylic acids is 2. The molecule has 3 aliphatic rings. The van der Waals surface area contributed by atoms with E-state index in [1.165, 1.54) is 0 Å². The number of carbonyl (C=O) groups is 3. The van der Waals surface area contributed by atoms with E-state index >= 15 is 0 Å². The highest BCUT2D eigenvalue weighted by Gasteiger charge is 2.61. The number of fused-ring (bicyclic) bond motifs is 4. The maximum absolute atomic E-state index is 13.8. The Kier molecular flexibility index (Phi) is 7.03. The highest BCUT2D eigenvalue weighted by molar-refractivity contribution is 9.10. The molecule has 4 bridgehead atoms. The summed E-state index contributed by atoms with van der Waals surface area (Å²) >= 11 is 3.62. The van der Waals surface area contributed by atoms with Crippen molar-refractivity contribution >= 4 is 39.6 Å². The highest BCUT2D eigenvalue weighted by atomic mass is 79.9. The van der Waals surface area contributed by atoms with Crippen LogP contribution in [0.2, 0.25) is 0 Å². The summed E-state index contributed by atoms with van der Waals surface area (Å²) in [5.74, 6) is -1.34. The number of nitrogens with zero attached hydrogens (tertiary/aromatic N) is 1. The fourth-order valence-corrected chi connectivity index (χ4v) is 6.87. The van der Waals surface area contributed by atoms with E-state index in [0.29, 0.717) is 16.9 Å². The van der Waals surface area contributed by atoms with Crippen LogP contribution in [0.25, 0.3) is 0 Å². The minimum atomic E-state index is -1.27. The minimum absolute atomic E-state index is 0.0365. The molecule has 2 amide bonds. The Morgan fingerprint density at radius 1 is 1.11 bits per heavy atom. The van der Waals surface area contributed by atoms with Crippen molar-refractivity contribution in [3.8, 4) is 5.75 Å². The van der Waals surface area contributed by atoms with E-state index < -0.39 is 41.7 Å². The van der Waals surface area contributed by atoms with Crippen molar-refractivity contribution < 1.29 is 33.4 Å². The van der Waals surface area contributed by atoms with Crippen LogP contribution in [0.1, 0.15) is 64.3 Å². The second kappa shape index (κ2) is 11.0. The number of benzene rings is 3. The van der Waals surface area contributed by atoms with Gasteiger partial charge in [-0.1, -0.05) is 68.4 Å². The number of para-hydroxylation sites is 1. The number of halogens is 1. The molecule has 1 aromatic heterocycles. The maximum atomic E-state index is 13.8. The van der Waals surface area contributed by atoms with E-state index in [1.807, 2.05) is 74.5 Å². The molecule has 7 rings (SSSR count). The van der Waals surface area contributed by atoms with Gasteiger partial charge in [0.2, 0.25) is 11.8 Å². The normalized spacial score (nSPS) is 22.6. The molecule has 2 unspecified atom stereocenters. The third-order valence-electron chi connectivity index (χ3n) is 8.52. The van der Waals surface area contributed by atoms with Gasteiger partial charge in [-0.2, -0.15) is 0 Å². The monoisotopic (exact) mass is 672 g/mol. The molecule has 11 nitrogen and oxygen atoms in total. The lowest BCUT2D eigenvalue weighted by atomic mass is 9.72. The first-order chi connectivity index (χ1) is 21.7. The fraction of sp³-hybridized carbons (Fsp3) is 0.273. The van der Waals surface area contributed by atoms with Gasteiger partial charge < -0.3 is 34.9 Å². The number of carboxylic acids is 1. The first-order valence-electron chi connectivity index (χ1n) is 14.5. The summed E-state index contributed by atoms with van der Waals surface area (Å²) in [6.07, 6.45) is -1.37. The van der Waals surface area contributed by atoms with Crippen LogP contribution in [0.4, 0.5) is 10.5 Å². The molecular formula is C33H29BrN4O7. The van der Waals surface area contributed by atoms with Gasteiger partial charge in [0, 0.05) is 22.0 Å². The maximum Gasteiger partial charge on any atom is 0.408 e. The number of rotatable bonds is 5. The van der Waals surface area contributed by atoms with Crippen molar-refractivity contribution in [2.75, 3.05) is 5.32 Å². The number of oxazole rings is 1. The van der Waals surface area contributed by atoms with Gasteiger partial charge in [-0.15, -0.1) is 0 Å². The first kappa shape index (κ1) is 28.9. The van der Waals surface area contributed by atoms with Crippen LogP contribution in [-0.2, 0) is 28.0 Å². The number of hydrogen-bond donors (Lipinski definition) is 4. The zero-order valence-corrected chi connectivity index (χ0v) is 25.9. The van der Waals surface area contributed by atoms with Crippen LogP contribution in [0.3, 0.4) is 0 Å². The fourth-order valence-electron chi connectivity index (χ4n) is 6.39. The number of aromatic nitrogens is 1. The van der Waals surface area contributed by atoms with Crippen molar-refractivity contribution in [2.24, 2.45) is 5.92 Å². The number of carboxylic acid groups (broad SMARTS) is 1. The van der Waals surface area contributed by atoms with Crippen LogP contribution in [0, 0.1) is 5.92 Å². The number of aromatic carboxylic acids is 1. The van der Waals surface area contributed by atoms with E-state index in [4.69, 9.17) is 13.9 Å². The summed E-state index contributed by atoms with van der Waals surface area (Å²) in [5.41, 5.74) is 2.18. The summed E-state index contributed by atoms with van der Waals surface area (Å²) in [6.45, 7) is 3.76. The Morgan fingerprint density at radius 2 is 1.91 bits per heavy atom. The van der Waals surface area contributed by atoms with Crippen LogP contribution in [-0.4, -0.2) is 40.3 Å². The SMILES string of the molecule is CC(C)[C@@H]1NC(=O)C(NC(=O)OCc2ccccc2)Cc2ccc3c(c2)C2(c4cccc(Br)c4N[C@H]2O3)c2oc1nc2C(=O)O. The quantitative estimate of drug-likeness (QED) is 0.222. The number of ether oxygens (including phenoxy) is 2. The van der Waals surface area contributed by atoms with Gasteiger partial charge in [-0.3, -0.25) is 4.79 Å². The Hall–Kier alpha value is -4.84. The van der Waals surface area contributed by atoms with E-state index in [-0.39, 0.29) is 36.3 Å². The zero-order valence-electron chi connectivity index (χ0n) is 24.3. The summed E-state index contributed by atoms with van der Waals surface area (Å²) in [4.78, 5) is 44.0. The number of amides is 2. The van der Waals surface area contributed by atoms with Gasteiger partial charge in [0.25, 0.3) is 0 Å². The van der Waals surface area contributed by atoms with Crippen molar-refractivity contribution in [2.45, 2.75) is 50.6 Å². The number of alkyl carbamates (subject to hydrolysis) is 1. The Morgan fingerprint density at radius 3 is 2.67 bits per heavy atom. The van der Waals surface area contributed by atoms with Crippen LogP contribution in [0.5, 0.6) is 5.75 Å². The summed E-state index contributed by atoms with van der Waals surface area (Å²) in [6, 6.07) is 18.5. The van der Waals surface area contributed by atoms with E-state index in [2.05, 4.69) is 36.9 Å². The molecule has 0 aliphatic carbocycles. The predicted molar refractivity (Wildman–Crippen MR) is 165 cm³/mol. The molecular weight excluding hydrogens is 644 g/mol. The lowest BCUT2D eigenvalue weighted by Gasteiger charge is -2.28. The molecule has 0 fully saturated rings. The molecule has 3 aromatic carbocycles. The Balaban J connectivity index is 1.36. The average molecular weight is 674 g/mol. The second-order valence-electron chi connectivity index (χ2n) is 11.7. The smallest absolute Gasteiger partial charge is 0.408 e. The second-order valence-corrected chi connectivity index (χ2v) is 12.5. The van der Waals surface area contributed by atoms with E-state index in [1.54, 1.807) is 6.07 Å². The van der Waals surface area contributed by atoms with Gasteiger partial charge in [0.1, 0.15) is 29.9 Å². The van der Waals surface area contributed by atoms with Gasteiger partial charge in [-0.05, 0) is 45.1 Å². The molecule has 230 valence electrons. The molecule has 4 N–H and O–H groups in total. The van der Waals surface area contributed by atoms with E-state index in [9.17, 15) is 19.5 Å². The molecule has 4 atom stereocenters. The Bertz CT molecular complexity index is 1840. The molecule has 1 spiro atoms. The van der Waals surface area contributed by atoms with Crippen LogP contribution >= 0.6 is 15.9 Å². The average Bonchev–Trinajstić information content (AvgIpc) is 3.68. The molecule has 3 aliphatic heterocycles. The first-order valence-corrected chi connectivity index (χ1v) is 15.3. The highest BCUT2D eigenvalue weighted by Crippen LogP contribution is 2.59. The summed E-state index contributed by atoms with van der Waals surface area (Å²) < 4.78 is 19.1. The van der Waals surface area contributed by atoms with Gasteiger partial charge in [0.05, 0.1) is 5.69 Å².